The Morgan fingerprint density at radius 3 is 2.81 bits per heavy atom. The smallest absolute Gasteiger partial charge is 0.220 e. The summed E-state index contributed by atoms with van der Waals surface area (Å²) in [5, 5.41) is 3.02. The van der Waals surface area contributed by atoms with Crippen LogP contribution in [0.5, 0.6) is 0 Å². The molecule has 118 valence electrons. The number of hydrogen-bond acceptors (Lipinski definition) is 2. The largest absolute Gasteiger partial charge is 0.356 e. The molecule has 0 aromatic heterocycles. The van der Waals surface area contributed by atoms with Gasteiger partial charge in [0.2, 0.25) is 5.91 Å². The van der Waals surface area contributed by atoms with Crippen LogP contribution in [-0.4, -0.2) is 18.5 Å². The van der Waals surface area contributed by atoms with E-state index in [4.69, 9.17) is 5.73 Å². The zero-order chi connectivity index (χ0) is 14.4. The van der Waals surface area contributed by atoms with Crippen LogP contribution in [0.2, 0.25) is 0 Å². The molecule has 0 spiro atoms. The lowest BCUT2D eigenvalue weighted by molar-refractivity contribution is -0.122. The topological polar surface area (TPSA) is 55.1 Å². The number of nitrogens with one attached hydrogen (secondary N) is 1. The lowest BCUT2D eigenvalue weighted by Gasteiger charge is -2.27. The maximum Gasteiger partial charge on any atom is 0.220 e. The van der Waals surface area contributed by atoms with Crippen LogP contribution >= 0.6 is 12.4 Å². The van der Waals surface area contributed by atoms with Gasteiger partial charge in [-0.1, -0.05) is 42.7 Å². The summed E-state index contributed by atoms with van der Waals surface area (Å²) in [7, 11) is 0. The van der Waals surface area contributed by atoms with E-state index < -0.39 is 0 Å². The minimum atomic E-state index is 0. The van der Waals surface area contributed by atoms with E-state index in [-0.39, 0.29) is 24.4 Å². The van der Waals surface area contributed by atoms with Crippen LogP contribution in [0.25, 0.3) is 0 Å². The van der Waals surface area contributed by atoms with Crippen molar-refractivity contribution in [1.29, 1.82) is 0 Å². The Labute approximate surface area is 134 Å². The zero-order valence-electron chi connectivity index (χ0n) is 12.8. The van der Waals surface area contributed by atoms with Crippen LogP contribution in [0.3, 0.4) is 0 Å². The van der Waals surface area contributed by atoms with Gasteiger partial charge in [0.1, 0.15) is 0 Å². The standard InChI is InChI=1S/C17H26N2O.ClH/c1-13-5-4-6-14(11-13)9-10-19-17(20)12-15-7-2-3-8-16(15)18;/h4-6,11,15-16H,2-3,7-10,12,18H2,1H3,(H,19,20);1H. The number of halogens is 1. The summed E-state index contributed by atoms with van der Waals surface area (Å²) >= 11 is 0. The van der Waals surface area contributed by atoms with E-state index in [0.29, 0.717) is 18.9 Å². The molecule has 0 aliphatic heterocycles. The van der Waals surface area contributed by atoms with Gasteiger partial charge in [-0.2, -0.15) is 0 Å². The van der Waals surface area contributed by atoms with Crippen molar-refractivity contribution in [1.82, 2.24) is 5.32 Å². The highest BCUT2D eigenvalue weighted by Crippen LogP contribution is 2.25. The summed E-state index contributed by atoms with van der Waals surface area (Å²) in [6, 6.07) is 8.64. The molecule has 3 nitrogen and oxygen atoms in total. The highest BCUT2D eigenvalue weighted by atomic mass is 35.5. The summed E-state index contributed by atoms with van der Waals surface area (Å²) in [5.74, 6) is 0.530. The lowest BCUT2D eigenvalue weighted by Crippen LogP contribution is -2.37. The number of nitrogens with two attached hydrogens (primary N) is 1. The summed E-state index contributed by atoms with van der Waals surface area (Å²) in [5.41, 5.74) is 8.63. The SMILES string of the molecule is Cc1cccc(CCNC(=O)CC2CCCCC2N)c1.Cl. The van der Waals surface area contributed by atoms with Crippen LogP contribution in [0, 0.1) is 12.8 Å². The first-order valence-corrected chi connectivity index (χ1v) is 7.73. The molecule has 0 bridgehead atoms. The van der Waals surface area contributed by atoms with E-state index in [9.17, 15) is 4.79 Å². The van der Waals surface area contributed by atoms with E-state index in [2.05, 4.69) is 36.5 Å². The van der Waals surface area contributed by atoms with Gasteiger partial charge in [0.15, 0.2) is 0 Å². The van der Waals surface area contributed by atoms with Gasteiger partial charge in [-0.25, -0.2) is 0 Å². The Morgan fingerprint density at radius 2 is 2.10 bits per heavy atom. The molecule has 0 radical (unpaired) electrons. The van der Waals surface area contributed by atoms with Gasteiger partial charge in [-0.05, 0) is 37.7 Å². The second-order valence-corrected chi connectivity index (χ2v) is 6.00. The Balaban J connectivity index is 0.00000220. The van der Waals surface area contributed by atoms with Crippen molar-refractivity contribution < 1.29 is 4.79 Å². The third kappa shape index (κ3) is 6.06. The van der Waals surface area contributed by atoms with E-state index in [1.54, 1.807) is 0 Å². The summed E-state index contributed by atoms with van der Waals surface area (Å²) < 4.78 is 0. The van der Waals surface area contributed by atoms with Crippen molar-refractivity contribution in [2.75, 3.05) is 6.54 Å². The van der Waals surface area contributed by atoms with Crippen LogP contribution in [0.4, 0.5) is 0 Å². The van der Waals surface area contributed by atoms with Gasteiger partial charge in [0.05, 0.1) is 0 Å². The minimum Gasteiger partial charge on any atom is -0.356 e. The van der Waals surface area contributed by atoms with Crippen LogP contribution in [0.15, 0.2) is 24.3 Å². The molecule has 1 amide bonds. The van der Waals surface area contributed by atoms with Crippen molar-refractivity contribution in [3.8, 4) is 0 Å². The number of carbonyl (C=O) groups is 1. The monoisotopic (exact) mass is 310 g/mol. The Kier molecular flexibility index (Phi) is 7.76. The van der Waals surface area contributed by atoms with Crippen molar-refractivity contribution in [2.24, 2.45) is 11.7 Å². The Hall–Kier alpha value is -1.06. The molecular formula is C17H27ClN2O. The van der Waals surface area contributed by atoms with Crippen molar-refractivity contribution in [3.05, 3.63) is 35.4 Å². The number of carbonyl (C=O) groups excluding carboxylic acids is 1. The van der Waals surface area contributed by atoms with Crippen LogP contribution in [-0.2, 0) is 11.2 Å². The van der Waals surface area contributed by atoms with Gasteiger partial charge < -0.3 is 11.1 Å². The third-order valence-electron chi connectivity index (χ3n) is 4.23. The molecule has 21 heavy (non-hydrogen) atoms. The summed E-state index contributed by atoms with van der Waals surface area (Å²) in [4.78, 5) is 11.9. The first-order valence-electron chi connectivity index (χ1n) is 7.73. The first kappa shape index (κ1) is 18.0. The first-order chi connectivity index (χ1) is 9.65. The lowest BCUT2D eigenvalue weighted by atomic mass is 9.83. The van der Waals surface area contributed by atoms with Gasteiger partial charge in [-0.3, -0.25) is 4.79 Å². The fraction of sp³-hybridized carbons (Fsp3) is 0.588. The van der Waals surface area contributed by atoms with Gasteiger partial charge in [0.25, 0.3) is 0 Å². The second kappa shape index (κ2) is 9.06. The molecule has 1 aromatic carbocycles. The van der Waals surface area contributed by atoms with Crippen LogP contribution < -0.4 is 11.1 Å². The number of aryl methyl sites for hydroxylation is 1. The molecule has 1 fully saturated rings. The fourth-order valence-corrected chi connectivity index (χ4v) is 3.01. The molecule has 2 unspecified atom stereocenters. The maximum atomic E-state index is 11.9. The average Bonchev–Trinajstić information content (AvgIpc) is 2.41. The minimum absolute atomic E-state index is 0. The predicted molar refractivity (Wildman–Crippen MR) is 89.7 cm³/mol. The number of amides is 1. The number of benzene rings is 1. The normalized spacial score (nSPS) is 21.4. The van der Waals surface area contributed by atoms with Crippen LogP contribution in [0.1, 0.15) is 43.2 Å². The number of rotatable bonds is 5. The molecule has 1 saturated carbocycles. The van der Waals surface area contributed by atoms with Crippen molar-refractivity contribution in [3.63, 3.8) is 0 Å². The third-order valence-corrected chi connectivity index (χ3v) is 4.23. The maximum absolute atomic E-state index is 11.9. The number of hydrogen-bond donors (Lipinski definition) is 2. The molecule has 0 saturated heterocycles. The summed E-state index contributed by atoms with van der Waals surface area (Å²) in [6.45, 7) is 2.80. The van der Waals surface area contributed by atoms with E-state index in [1.807, 2.05) is 0 Å². The quantitative estimate of drug-likeness (QED) is 0.878. The molecule has 2 rings (SSSR count). The molecule has 2 atom stereocenters. The molecule has 0 heterocycles. The predicted octanol–water partition coefficient (Wildman–Crippen LogP) is 2.98. The molecule has 1 aromatic rings. The Bertz CT molecular complexity index is 450. The van der Waals surface area contributed by atoms with Crippen molar-refractivity contribution in [2.45, 2.75) is 51.5 Å². The molecule has 1 aliphatic carbocycles. The molecule has 1 aliphatic rings. The van der Waals surface area contributed by atoms with Gasteiger partial charge in [0, 0.05) is 19.0 Å². The van der Waals surface area contributed by atoms with E-state index >= 15 is 0 Å². The summed E-state index contributed by atoms with van der Waals surface area (Å²) in [6.07, 6.45) is 6.09. The molecule has 4 heteroatoms. The highest BCUT2D eigenvalue weighted by molar-refractivity contribution is 5.85. The highest BCUT2D eigenvalue weighted by Gasteiger charge is 2.23. The van der Waals surface area contributed by atoms with E-state index in [1.165, 1.54) is 24.0 Å². The van der Waals surface area contributed by atoms with Gasteiger partial charge in [-0.15, -0.1) is 12.4 Å². The zero-order valence-corrected chi connectivity index (χ0v) is 13.6. The second-order valence-electron chi connectivity index (χ2n) is 6.00. The fourth-order valence-electron chi connectivity index (χ4n) is 3.01. The average molecular weight is 311 g/mol. The van der Waals surface area contributed by atoms with Gasteiger partial charge >= 0.3 is 0 Å². The molecular weight excluding hydrogens is 284 g/mol. The Morgan fingerprint density at radius 1 is 1.33 bits per heavy atom. The molecule has 3 N–H and O–H groups in total. The van der Waals surface area contributed by atoms with E-state index in [0.717, 1.165) is 19.3 Å². The van der Waals surface area contributed by atoms with Crippen molar-refractivity contribution >= 4 is 18.3 Å².